The second kappa shape index (κ2) is 7.47. The molecule has 1 N–H and O–H groups in total. The second-order valence-corrected chi connectivity index (χ2v) is 8.68. The van der Waals surface area contributed by atoms with E-state index in [1.165, 1.54) is 13.3 Å². The molecule has 1 aliphatic carbocycles. The van der Waals surface area contributed by atoms with Gasteiger partial charge in [0.25, 0.3) is 0 Å². The molecule has 1 fully saturated rings. The molecule has 0 unspecified atom stereocenters. The number of nitrogens with one attached hydrogen (secondary N) is 1. The zero-order valence-electron chi connectivity index (χ0n) is 12.7. The monoisotopic (exact) mass is 343 g/mol. The van der Waals surface area contributed by atoms with Gasteiger partial charge in [-0.1, -0.05) is 43.0 Å². The summed E-state index contributed by atoms with van der Waals surface area (Å²) in [7, 11) is -3.55. The molecule has 0 saturated heterocycles. The lowest BCUT2D eigenvalue weighted by Gasteiger charge is -2.24. The number of carbonyl (C=O) groups is 1. The third-order valence-corrected chi connectivity index (χ3v) is 6.38. The minimum atomic E-state index is -3.55. The lowest BCUT2D eigenvalue weighted by molar-refractivity contribution is -0.121. The smallest absolute Gasteiger partial charge is 0.238 e. The summed E-state index contributed by atoms with van der Waals surface area (Å²) >= 11 is 5.87. The van der Waals surface area contributed by atoms with Gasteiger partial charge in [0.05, 0.1) is 5.75 Å². The topological polar surface area (TPSA) is 63.2 Å². The van der Waals surface area contributed by atoms with Crippen LogP contribution in [0.4, 0.5) is 0 Å². The zero-order chi connectivity index (χ0) is 16.2. The molecule has 0 spiro atoms. The van der Waals surface area contributed by atoms with Crippen LogP contribution in [0, 0.1) is 0 Å². The molecule has 0 radical (unpaired) electrons. The second-order valence-electron chi connectivity index (χ2n) is 5.92. The fourth-order valence-corrected chi connectivity index (χ4v) is 4.21. The Morgan fingerprint density at radius 1 is 1.32 bits per heavy atom. The number of benzene rings is 1. The molecule has 6 heteroatoms. The fraction of sp³-hybridized carbons (Fsp3) is 0.562. The summed E-state index contributed by atoms with van der Waals surface area (Å²) < 4.78 is 24.8. The van der Waals surface area contributed by atoms with Gasteiger partial charge in [0.2, 0.25) is 5.91 Å². The van der Waals surface area contributed by atoms with Gasteiger partial charge in [0.15, 0.2) is 9.84 Å². The van der Waals surface area contributed by atoms with Crippen molar-refractivity contribution in [2.75, 3.05) is 0 Å². The standard InChI is InChI=1S/C16H22ClNO3S/c1-12(16(19)18-15-8-3-2-4-9-15)22(20,21)11-13-6-5-7-14(17)10-13/h5-7,10,12,15H,2-4,8-9,11H2,1H3,(H,18,19)/t12-/m1/s1. The van der Waals surface area contributed by atoms with Crippen LogP contribution < -0.4 is 5.32 Å². The molecule has 2 rings (SSSR count). The van der Waals surface area contributed by atoms with E-state index in [1.807, 2.05) is 0 Å². The Hall–Kier alpha value is -1.07. The SMILES string of the molecule is C[C@H](C(=O)NC1CCCCC1)S(=O)(=O)Cc1cccc(Cl)c1. The first-order chi connectivity index (χ1) is 10.4. The quantitative estimate of drug-likeness (QED) is 0.893. The number of amides is 1. The predicted octanol–water partition coefficient (Wildman–Crippen LogP) is 3.09. The molecule has 1 saturated carbocycles. The van der Waals surface area contributed by atoms with Gasteiger partial charge in [-0.2, -0.15) is 0 Å². The van der Waals surface area contributed by atoms with E-state index in [2.05, 4.69) is 5.32 Å². The first-order valence-electron chi connectivity index (χ1n) is 7.65. The number of carbonyl (C=O) groups excluding carboxylic acids is 1. The molecular weight excluding hydrogens is 322 g/mol. The number of hydrogen-bond donors (Lipinski definition) is 1. The summed E-state index contributed by atoms with van der Waals surface area (Å²) in [6.07, 6.45) is 5.25. The van der Waals surface area contributed by atoms with Gasteiger partial charge in [-0.15, -0.1) is 0 Å². The van der Waals surface area contributed by atoms with Crippen LogP contribution in [0.3, 0.4) is 0 Å². The van der Waals surface area contributed by atoms with Gasteiger partial charge in [0, 0.05) is 11.1 Å². The van der Waals surface area contributed by atoms with E-state index >= 15 is 0 Å². The Labute approximate surface area is 137 Å². The molecule has 0 heterocycles. The van der Waals surface area contributed by atoms with Crippen molar-refractivity contribution >= 4 is 27.3 Å². The first kappa shape index (κ1) is 17.3. The van der Waals surface area contributed by atoms with Crippen LogP contribution in [0.5, 0.6) is 0 Å². The summed E-state index contributed by atoms with van der Waals surface area (Å²) in [6, 6.07) is 6.83. The van der Waals surface area contributed by atoms with Crippen LogP contribution >= 0.6 is 11.6 Å². The Bertz CT molecular complexity index is 624. The van der Waals surface area contributed by atoms with Crippen molar-refractivity contribution in [1.82, 2.24) is 5.32 Å². The van der Waals surface area contributed by atoms with Gasteiger partial charge in [-0.3, -0.25) is 4.79 Å². The Kier molecular flexibility index (Phi) is 5.87. The Morgan fingerprint density at radius 3 is 2.64 bits per heavy atom. The maximum Gasteiger partial charge on any atom is 0.238 e. The van der Waals surface area contributed by atoms with Crippen LogP contribution in [0.2, 0.25) is 5.02 Å². The number of hydrogen-bond acceptors (Lipinski definition) is 3. The summed E-state index contributed by atoms with van der Waals surface area (Å²) in [5.74, 6) is -0.568. The molecule has 0 aliphatic heterocycles. The van der Waals surface area contributed by atoms with Crippen molar-refractivity contribution in [2.24, 2.45) is 0 Å². The van der Waals surface area contributed by atoms with Crippen LogP contribution in [0.1, 0.15) is 44.6 Å². The normalized spacial score (nSPS) is 17.9. The Morgan fingerprint density at radius 2 is 2.00 bits per heavy atom. The molecule has 1 aromatic carbocycles. The minimum Gasteiger partial charge on any atom is -0.352 e. The zero-order valence-corrected chi connectivity index (χ0v) is 14.3. The molecule has 1 aromatic rings. The predicted molar refractivity (Wildman–Crippen MR) is 88.6 cm³/mol. The van der Waals surface area contributed by atoms with Gasteiger partial charge >= 0.3 is 0 Å². The van der Waals surface area contributed by atoms with Crippen LogP contribution in [0.25, 0.3) is 0 Å². The number of rotatable bonds is 5. The molecule has 0 bridgehead atoms. The molecule has 1 atom stereocenters. The van der Waals surface area contributed by atoms with Crippen molar-refractivity contribution in [1.29, 1.82) is 0 Å². The average molecular weight is 344 g/mol. The summed E-state index contributed by atoms with van der Waals surface area (Å²) in [4.78, 5) is 12.2. The van der Waals surface area contributed by atoms with E-state index in [-0.39, 0.29) is 11.8 Å². The molecule has 22 heavy (non-hydrogen) atoms. The molecule has 4 nitrogen and oxygen atoms in total. The largest absolute Gasteiger partial charge is 0.352 e. The van der Waals surface area contributed by atoms with Gasteiger partial charge in [-0.25, -0.2) is 8.42 Å². The number of sulfone groups is 1. The van der Waals surface area contributed by atoms with E-state index in [9.17, 15) is 13.2 Å². The van der Waals surface area contributed by atoms with Crippen molar-refractivity contribution in [3.8, 4) is 0 Å². The lowest BCUT2D eigenvalue weighted by atomic mass is 9.95. The fourth-order valence-electron chi connectivity index (χ4n) is 2.71. The maximum absolute atomic E-state index is 12.4. The highest BCUT2D eigenvalue weighted by atomic mass is 35.5. The third-order valence-electron chi connectivity index (χ3n) is 4.12. The Balaban J connectivity index is 1.99. The van der Waals surface area contributed by atoms with E-state index in [0.29, 0.717) is 10.6 Å². The molecular formula is C16H22ClNO3S. The highest BCUT2D eigenvalue weighted by Crippen LogP contribution is 2.19. The van der Waals surface area contributed by atoms with Crippen molar-refractivity contribution < 1.29 is 13.2 Å². The van der Waals surface area contributed by atoms with Gasteiger partial charge in [0.1, 0.15) is 5.25 Å². The maximum atomic E-state index is 12.4. The average Bonchev–Trinajstić information content (AvgIpc) is 2.47. The van der Waals surface area contributed by atoms with Crippen LogP contribution in [0.15, 0.2) is 24.3 Å². The number of halogens is 1. The molecule has 122 valence electrons. The van der Waals surface area contributed by atoms with Crippen molar-refractivity contribution in [3.05, 3.63) is 34.9 Å². The van der Waals surface area contributed by atoms with Crippen molar-refractivity contribution in [3.63, 3.8) is 0 Å². The minimum absolute atomic E-state index is 0.116. The van der Waals surface area contributed by atoms with E-state index in [0.717, 1.165) is 25.7 Å². The summed E-state index contributed by atoms with van der Waals surface area (Å²) in [5, 5.41) is 2.32. The lowest BCUT2D eigenvalue weighted by Crippen LogP contribution is -2.44. The van der Waals surface area contributed by atoms with Gasteiger partial charge < -0.3 is 5.32 Å². The first-order valence-corrected chi connectivity index (χ1v) is 9.74. The van der Waals surface area contributed by atoms with Crippen LogP contribution in [-0.4, -0.2) is 25.6 Å². The van der Waals surface area contributed by atoms with E-state index in [1.54, 1.807) is 24.3 Å². The van der Waals surface area contributed by atoms with Gasteiger partial charge in [-0.05, 0) is 37.5 Å². The summed E-state index contributed by atoms with van der Waals surface area (Å²) in [5.41, 5.74) is 0.602. The summed E-state index contributed by atoms with van der Waals surface area (Å²) in [6.45, 7) is 1.46. The van der Waals surface area contributed by atoms with Crippen molar-refractivity contribution in [2.45, 2.75) is 56.1 Å². The van der Waals surface area contributed by atoms with E-state index in [4.69, 9.17) is 11.6 Å². The molecule has 0 aromatic heterocycles. The highest BCUT2D eigenvalue weighted by molar-refractivity contribution is 7.92. The molecule has 1 aliphatic rings. The van der Waals surface area contributed by atoms with E-state index < -0.39 is 21.0 Å². The third kappa shape index (κ3) is 4.71. The molecule has 1 amide bonds. The highest BCUT2D eigenvalue weighted by Gasteiger charge is 2.29. The van der Waals surface area contributed by atoms with Crippen LogP contribution in [-0.2, 0) is 20.4 Å².